The maximum Gasteiger partial charge on any atom is 0.337 e. The lowest BCUT2D eigenvalue weighted by Crippen LogP contribution is -2.24. The number of hydrogen-bond acceptors (Lipinski definition) is 5. The highest BCUT2D eigenvalue weighted by molar-refractivity contribution is 5.93. The number of aromatic carboxylic acids is 1. The topological polar surface area (TPSA) is 116 Å². The van der Waals surface area contributed by atoms with Crippen molar-refractivity contribution in [2.24, 2.45) is 0 Å². The number of benzene rings is 1. The quantitative estimate of drug-likeness (QED) is 0.469. The Hall–Kier alpha value is -1.70. The summed E-state index contributed by atoms with van der Waals surface area (Å²) in [5.74, 6) is -2.17. The van der Waals surface area contributed by atoms with Gasteiger partial charge in [-0.3, -0.25) is 0 Å². The van der Waals surface area contributed by atoms with Crippen molar-refractivity contribution >= 4 is 11.7 Å². The van der Waals surface area contributed by atoms with Crippen LogP contribution in [0.4, 0.5) is 10.1 Å². The lowest BCUT2D eigenvalue weighted by Gasteiger charge is -2.19. The molecule has 0 saturated heterocycles. The molecule has 106 valence electrons. The number of carboxylic acids is 1. The van der Waals surface area contributed by atoms with E-state index in [9.17, 15) is 19.4 Å². The highest BCUT2D eigenvalue weighted by atomic mass is 19.1. The van der Waals surface area contributed by atoms with Crippen LogP contribution in [0.15, 0.2) is 12.1 Å². The first kappa shape index (κ1) is 15.4. The highest BCUT2D eigenvalue weighted by Gasteiger charge is 2.23. The Bertz CT molecular complexity index is 467. The van der Waals surface area contributed by atoms with Crippen LogP contribution in [0.1, 0.15) is 28.4 Å². The van der Waals surface area contributed by atoms with Gasteiger partial charge in [0.1, 0.15) is 11.9 Å². The van der Waals surface area contributed by atoms with Gasteiger partial charge in [0.2, 0.25) is 0 Å². The Morgan fingerprint density at radius 2 is 2.11 bits per heavy atom. The van der Waals surface area contributed by atoms with E-state index in [-0.39, 0.29) is 23.2 Å². The zero-order valence-electron chi connectivity index (χ0n) is 10.4. The standard InChI is InChI=1S/C12H17FN2O4/c1-15-3-2-10(16)11(17)6-4-7(12(18)19)9(14)5-8(6)13/h4-5,10-11,15-17H,2-3,14H2,1H3,(H,18,19). The first-order valence-corrected chi connectivity index (χ1v) is 5.71. The fraction of sp³-hybridized carbons (Fsp3) is 0.417. The fourth-order valence-corrected chi connectivity index (χ4v) is 1.67. The maximum absolute atomic E-state index is 13.7. The number of anilines is 1. The smallest absolute Gasteiger partial charge is 0.337 e. The van der Waals surface area contributed by atoms with Crippen molar-refractivity contribution in [3.63, 3.8) is 0 Å². The van der Waals surface area contributed by atoms with Crippen LogP contribution in [0.25, 0.3) is 0 Å². The number of nitrogens with two attached hydrogens (primary N) is 1. The number of halogens is 1. The molecule has 0 aliphatic heterocycles. The van der Waals surface area contributed by atoms with Gasteiger partial charge in [0.05, 0.1) is 11.7 Å². The number of carboxylic acid groups (broad SMARTS) is 1. The normalized spacial score (nSPS) is 14.1. The van der Waals surface area contributed by atoms with E-state index in [4.69, 9.17) is 10.8 Å². The SMILES string of the molecule is CNCCC(O)C(O)c1cc(C(=O)O)c(N)cc1F. The molecule has 0 radical (unpaired) electrons. The van der Waals surface area contributed by atoms with Crippen LogP contribution in [0, 0.1) is 5.82 Å². The van der Waals surface area contributed by atoms with Crippen LogP contribution >= 0.6 is 0 Å². The van der Waals surface area contributed by atoms with Gasteiger partial charge < -0.3 is 26.4 Å². The van der Waals surface area contributed by atoms with Gasteiger partial charge in [-0.25, -0.2) is 9.18 Å². The van der Waals surface area contributed by atoms with Crippen molar-refractivity contribution in [1.29, 1.82) is 0 Å². The van der Waals surface area contributed by atoms with Crippen molar-refractivity contribution in [3.05, 3.63) is 29.1 Å². The Labute approximate surface area is 109 Å². The average Bonchev–Trinajstić information content (AvgIpc) is 2.34. The molecule has 6 N–H and O–H groups in total. The van der Waals surface area contributed by atoms with Gasteiger partial charge in [-0.05, 0) is 32.1 Å². The molecular weight excluding hydrogens is 255 g/mol. The summed E-state index contributed by atoms with van der Waals surface area (Å²) in [4.78, 5) is 10.9. The Morgan fingerprint density at radius 1 is 1.47 bits per heavy atom. The minimum Gasteiger partial charge on any atom is -0.478 e. The molecule has 7 heteroatoms. The molecule has 1 aromatic rings. The molecule has 0 aliphatic rings. The number of nitrogen functional groups attached to an aromatic ring is 1. The minimum absolute atomic E-state index is 0.198. The van der Waals surface area contributed by atoms with E-state index < -0.39 is 24.0 Å². The van der Waals surface area contributed by atoms with Gasteiger partial charge >= 0.3 is 5.97 Å². The van der Waals surface area contributed by atoms with Crippen molar-refractivity contribution in [2.45, 2.75) is 18.6 Å². The van der Waals surface area contributed by atoms with Crippen molar-refractivity contribution < 1.29 is 24.5 Å². The van der Waals surface area contributed by atoms with E-state index in [2.05, 4.69) is 5.32 Å². The second-order valence-electron chi connectivity index (χ2n) is 4.17. The van der Waals surface area contributed by atoms with Gasteiger partial charge in [0.25, 0.3) is 0 Å². The van der Waals surface area contributed by atoms with Crippen molar-refractivity contribution in [1.82, 2.24) is 5.32 Å². The summed E-state index contributed by atoms with van der Waals surface area (Å²) >= 11 is 0. The van der Waals surface area contributed by atoms with Gasteiger partial charge in [-0.1, -0.05) is 0 Å². The fourth-order valence-electron chi connectivity index (χ4n) is 1.67. The molecule has 19 heavy (non-hydrogen) atoms. The van der Waals surface area contributed by atoms with Crippen LogP contribution in [0.5, 0.6) is 0 Å². The van der Waals surface area contributed by atoms with Crippen LogP contribution in [-0.4, -0.2) is 41.0 Å². The molecule has 0 heterocycles. The van der Waals surface area contributed by atoms with Gasteiger partial charge in [0.15, 0.2) is 0 Å². The molecular formula is C12H17FN2O4. The minimum atomic E-state index is -1.51. The zero-order chi connectivity index (χ0) is 14.6. The van der Waals surface area contributed by atoms with Crippen molar-refractivity contribution in [2.75, 3.05) is 19.3 Å². The average molecular weight is 272 g/mol. The van der Waals surface area contributed by atoms with Crippen LogP contribution < -0.4 is 11.1 Å². The summed E-state index contributed by atoms with van der Waals surface area (Å²) in [5, 5.41) is 31.2. The molecule has 0 aliphatic carbocycles. The number of aliphatic hydroxyl groups excluding tert-OH is 2. The molecule has 6 nitrogen and oxygen atoms in total. The third kappa shape index (κ3) is 3.63. The van der Waals surface area contributed by atoms with E-state index in [0.717, 1.165) is 12.1 Å². The molecule has 0 amide bonds. The van der Waals surface area contributed by atoms with Crippen LogP contribution in [0.2, 0.25) is 0 Å². The first-order chi connectivity index (χ1) is 8.88. The lowest BCUT2D eigenvalue weighted by molar-refractivity contribution is 0.0119. The van der Waals surface area contributed by atoms with E-state index in [1.54, 1.807) is 7.05 Å². The summed E-state index contributed by atoms with van der Waals surface area (Å²) in [6.45, 7) is 0.431. The Kier molecular flexibility index (Phi) is 5.22. The predicted octanol–water partition coefficient (Wildman–Crippen LogP) is 0.110. The second kappa shape index (κ2) is 6.46. The largest absolute Gasteiger partial charge is 0.478 e. The number of aliphatic hydroxyl groups is 2. The zero-order valence-corrected chi connectivity index (χ0v) is 10.4. The van der Waals surface area contributed by atoms with Gasteiger partial charge in [0, 0.05) is 11.3 Å². The van der Waals surface area contributed by atoms with Crippen LogP contribution in [-0.2, 0) is 0 Å². The molecule has 0 spiro atoms. The van der Waals surface area contributed by atoms with Crippen molar-refractivity contribution in [3.8, 4) is 0 Å². The molecule has 0 fully saturated rings. The third-order valence-electron chi connectivity index (χ3n) is 2.77. The number of rotatable bonds is 6. The summed E-state index contributed by atoms with van der Waals surface area (Å²) in [7, 11) is 1.67. The summed E-state index contributed by atoms with van der Waals surface area (Å²) < 4.78 is 13.7. The predicted molar refractivity (Wildman–Crippen MR) is 67.3 cm³/mol. The summed E-state index contributed by atoms with van der Waals surface area (Å²) in [6, 6.07) is 1.77. The molecule has 2 atom stereocenters. The van der Waals surface area contributed by atoms with Gasteiger partial charge in [-0.2, -0.15) is 0 Å². The van der Waals surface area contributed by atoms with E-state index in [1.807, 2.05) is 0 Å². The van der Waals surface area contributed by atoms with E-state index in [1.165, 1.54) is 0 Å². The van der Waals surface area contributed by atoms with Gasteiger partial charge in [-0.15, -0.1) is 0 Å². The maximum atomic E-state index is 13.7. The first-order valence-electron chi connectivity index (χ1n) is 5.71. The Morgan fingerprint density at radius 3 is 2.63 bits per heavy atom. The monoisotopic (exact) mass is 272 g/mol. The molecule has 0 saturated carbocycles. The molecule has 0 bridgehead atoms. The highest BCUT2D eigenvalue weighted by Crippen LogP contribution is 2.26. The van der Waals surface area contributed by atoms with E-state index in [0.29, 0.717) is 6.54 Å². The molecule has 1 aromatic carbocycles. The summed E-state index contributed by atoms with van der Waals surface area (Å²) in [5.41, 5.74) is 4.55. The number of hydrogen-bond donors (Lipinski definition) is 5. The molecule has 0 aromatic heterocycles. The number of nitrogens with one attached hydrogen (secondary N) is 1. The lowest BCUT2D eigenvalue weighted by atomic mass is 9.98. The third-order valence-corrected chi connectivity index (χ3v) is 2.77. The number of carbonyl (C=O) groups is 1. The Balaban J connectivity index is 3.05. The van der Waals surface area contributed by atoms with E-state index >= 15 is 0 Å². The molecule has 2 unspecified atom stereocenters. The second-order valence-corrected chi connectivity index (χ2v) is 4.17. The molecule has 1 rings (SSSR count). The van der Waals surface area contributed by atoms with Crippen LogP contribution in [0.3, 0.4) is 0 Å². The summed E-state index contributed by atoms with van der Waals surface area (Å²) in [6.07, 6.45) is -2.51.